The van der Waals surface area contributed by atoms with E-state index in [0.717, 1.165) is 18.6 Å². The van der Waals surface area contributed by atoms with Crippen LogP contribution in [0.2, 0.25) is 0 Å². The molecule has 1 atom stereocenters. The second kappa shape index (κ2) is 7.68. The van der Waals surface area contributed by atoms with Crippen molar-refractivity contribution >= 4 is 5.97 Å². The molecule has 0 amide bonds. The second-order valence-electron chi connectivity index (χ2n) is 3.91. The fraction of sp³-hybridized carbons (Fsp3) is 0.462. The minimum absolute atomic E-state index is 0.181. The Balaban J connectivity index is 2.03. The van der Waals surface area contributed by atoms with Crippen molar-refractivity contribution in [2.24, 2.45) is 0 Å². The molecule has 0 bridgehead atoms. The molecular weight excluding hydrogens is 220 g/mol. The van der Waals surface area contributed by atoms with E-state index in [4.69, 9.17) is 9.84 Å². The van der Waals surface area contributed by atoms with Crippen molar-refractivity contribution in [2.75, 3.05) is 6.61 Å². The molecule has 2 N–H and O–H groups in total. The van der Waals surface area contributed by atoms with E-state index < -0.39 is 12.1 Å². The van der Waals surface area contributed by atoms with Crippen LogP contribution < -0.4 is 4.74 Å². The van der Waals surface area contributed by atoms with Crippen molar-refractivity contribution in [3.05, 3.63) is 30.3 Å². The summed E-state index contributed by atoms with van der Waals surface area (Å²) in [6.45, 7) is 0.587. The average molecular weight is 238 g/mol. The van der Waals surface area contributed by atoms with Crippen LogP contribution in [-0.2, 0) is 4.79 Å². The number of carboxylic acid groups (broad SMARTS) is 1. The first-order valence-electron chi connectivity index (χ1n) is 5.76. The number of aliphatic carboxylic acids is 1. The Morgan fingerprint density at radius 3 is 2.59 bits per heavy atom. The molecule has 0 fully saturated rings. The van der Waals surface area contributed by atoms with Crippen LogP contribution in [0.4, 0.5) is 0 Å². The van der Waals surface area contributed by atoms with Gasteiger partial charge < -0.3 is 14.9 Å². The van der Waals surface area contributed by atoms with Crippen LogP contribution in [0, 0.1) is 0 Å². The molecule has 0 saturated carbocycles. The summed E-state index contributed by atoms with van der Waals surface area (Å²) in [5.74, 6) is -0.128. The predicted molar refractivity (Wildman–Crippen MR) is 64.0 cm³/mol. The van der Waals surface area contributed by atoms with Gasteiger partial charge in [0.2, 0.25) is 0 Å². The Kier molecular flexibility index (Phi) is 6.10. The number of benzene rings is 1. The standard InChI is InChI=1S/C13H18O4/c14-11(10-13(15)16)6-4-5-9-17-12-7-2-1-3-8-12/h1-3,7-8,11,14H,4-6,9-10H2,(H,15,16). The molecule has 0 aromatic heterocycles. The lowest BCUT2D eigenvalue weighted by Crippen LogP contribution is -2.13. The molecule has 1 unspecified atom stereocenters. The lowest BCUT2D eigenvalue weighted by molar-refractivity contribution is -0.139. The highest BCUT2D eigenvalue weighted by Crippen LogP contribution is 2.10. The second-order valence-corrected chi connectivity index (χ2v) is 3.91. The molecule has 4 heteroatoms. The van der Waals surface area contributed by atoms with Crippen LogP contribution in [0.5, 0.6) is 5.75 Å². The first-order chi connectivity index (χ1) is 8.18. The van der Waals surface area contributed by atoms with Crippen molar-refractivity contribution in [2.45, 2.75) is 31.8 Å². The third kappa shape index (κ3) is 6.58. The molecule has 0 spiro atoms. The Morgan fingerprint density at radius 2 is 1.94 bits per heavy atom. The maximum absolute atomic E-state index is 10.3. The van der Waals surface area contributed by atoms with Gasteiger partial charge in [0, 0.05) is 0 Å². The normalized spacial score (nSPS) is 12.1. The van der Waals surface area contributed by atoms with Gasteiger partial charge in [0.1, 0.15) is 5.75 Å². The summed E-state index contributed by atoms with van der Waals surface area (Å²) in [6.07, 6.45) is 1.15. The van der Waals surface area contributed by atoms with Crippen molar-refractivity contribution in [1.82, 2.24) is 0 Å². The van der Waals surface area contributed by atoms with Gasteiger partial charge in [0.15, 0.2) is 0 Å². The number of rotatable bonds is 8. The van der Waals surface area contributed by atoms with Gasteiger partial charge in [-0.3, -0.25) is 4.79 Å². The van der Waals surface area contributed by atoms with E-state index in [1.165, 1.54) is 0 Å². The molecule has 1 aromatic rings. The zero-order chi connectivity index (χ0) is 12.5. The fourth-order valence-electron chi connectivity index (χ4n) is 1.49. The average Bonchev–Trinajstić information content (AvgIpc) is 2.29. The summed E-state index contributed by atoms with van der Waals surface area (Å²) < 4.78 is 5.47. The molecule has 1 rings (SSSR count). The number of hydrogen-bond acceptors (Lipinski definition) is 3. The Hall–Kier alpha value is -1.55. The summed E-state index contributed by atoms with van der Waals surface area (Å²) in [5.41, 5.74) is 0. The van der Waals surface area contributed by atoms with Crippen LogP contribution in [0.25, 0.3) is 0 Å². The van der Waals surface area contributed by atoms with Gasteiger partial charge >= 0.3 is 5.97 Å². The number of para-hydroxylation sites is 1. The van der Waals surface area contributed by atoms with Crippen LogP contribution in [0.1, 0.15) is 25.7 Å². The zero-order valence-electron chi connectivity index (χ0n) is 9.71. The monoisotopic (exact) mass is 238 g/mol. The fourth-order valence-corrected chi connectivity index (χ4v) is 1.49. The highest BCUT2D eigenvalue weighted by atomic mass is 16.5. The first kappa shape index (κ1) is 13.5. The summed E-state index contributed by atoms with van der Waals surface area (Å²) in [6, 6.07) is 9.52. The molecule has 0 heterocycles. The molecule has 0 aliphatic carbocycles. The lowest BCUT2D eigenvalue weighted by atomic mass is 10.1. The van der Waals surface area contributed by atoms with E-state index >= 15 is 0 Å². The molecule has 0 radical (unpaired) electrons. The van der Waals surface area contributed by atoms with Crippen LogP contribution in [0.15, 0.2) is 30.3 Å². The van der Waals surface area contributed by atoms with Crippen molar-refractivity contribution < 1.29 is 19.7 Å². The van der Waals surface area contributed by atoms with Crippen molar-refractivity contribution in [3.63, 3.8) is 0 Å². The van der Waals surface area contributed by atoms with Crippen molar-refractivity contribution in [1.29, 1.82) is 0 Å². The maximum Gasteiger partial charge on any atom is 0.305 e. The van der Waals surface area contributed by atoms with Gasteiger partial charge in [-0.2, -0.15) is 0 Å². The Labute approximate surface area is 101 Å². The highest BCUT2D eigenvalue weighted by Gasteiger charge is 2.08. The molecule has 4 nitrogen and oxygen atoms in total. The third-order valence-electron chi connectivity index (χ3n) is 2.35. The van der Waals surface area contributed by atoms with E-state index in [0.29, 0.717) is 13.0 Å². The number of aliphatic hydroxyl groups is 1. The highest BCUT2D eigenvalue weighted by molar-refractivity contribution is 5.67. The van der Waals surface area contributed by atoms with E-state index in [1.54, 1.807) is 0 Å². The van der Waals surface area contributed by atoms with Crippen LogP contribution in [0.3, 0.4) is 0 Å². The molecule has 0 aliphatic rings. The van der Waals surface area contributed by atoms with E-state index in [-0.39, 0.29) is 6.42 Å². The van der Waals surface area contributed by atoms with Gasteiger partial charge in [0.25, 0.3) is 0 Å². The molecule has 0 saturated heterocycles. The Bertz CT molecular complexity index is 323. The predicted octanol–water partition coefficient (Wildman–Crippen LogP) is 2.07. The summed E-state index contributed by atoms with van der Waals surface area (Å²) in [7, 11) is 0. The van der Waals surface area contributed by atoms with E-state index in [2.05, 4.69) is 0 Å². The van der Waals surface area contributed by atoms with Crippen molar-refractivity contribution in [3.8, 4) is 5.75 Å². The van der Waals surface area contributed by atoms with Gasteiger partial charge in [-0.15, -0.1) is 0 Å². The van der Waals surface area contributed by atoms with Gasteiger partial charge in [-0.05, 0) is 31.4 Å². The molecule has 17 heavy (non-hydrogen) atoms. The molecule has 94 valence electrons. The first-order valence-corrected chi connectivity index (χ1v) is 5.76. The SMILES string of the molecule is O=C(O)CC(O)CCCCOc1ccccc1. The topological polar surface area (TPSA) is 66.8 Å². The number of ether oxygens (including phenoxy) is 1. The molecular formula is C13H18O4. The maximum atomic E-state index is 10.3. The summed E-state index contributed by atoms with van der Waals surface area (Å²) in [5, 5.41) is 17.8. The molecule has 1 aromatic carbocycles. The smallest absolute Gasteiger partial charge is 0.305 e. The minimum atomic E-state index is -0.960. The number of aliphatic hydroxyl groups excluding tert-OH is 1. The number of hydrogen-bond donors (Lipinski definition) is 2. The zero-order valence-corrected chi connectivity index (χ0v) is 9.71. The minimum Gasteiger partial charge on any atom is -0.494 e. The van der Waals surface area contributed by atoms with E-state index in [9.17, 15) is 9.90 Å². The van der Waals surface area contributed by atoms with E-state index in [1.807, 2.05) is 30.3 Å². The number of carbonyl (C=O) groups is 1. The van der Waals surface area contributed by atoms with Gasteiger partial charge in [-0.25, -0.2) is 0 Å². The van der Waals surface area contributed by atoms with Crippen LogP contribution >= 0.6 is 0 Å². The lowest BCUT2D eigenvalue weighted by Gasteiger charge is -2.08. The van der Waals surface area contributed by atoms with Gasteiger partial charge in [0.05, 0.1) is 19.1 Å². The largest absolute Gasteiger partial charge is 0.494 e. The van der Waals surface area contributed by atoms with Gasteiger partial charge in [-0.1, -0.05) is 18.2 Å². The number of unbranched alkanes of at least 4 members (excludes halogenated alkanes) is 1. The summed E-state index contributed by atoms with van der Waals surface area (Å²) in [4.78, 5) is 10.3. The number of carboxylic acids is 1. The quantitative estimate of drug-likeness (QED) is 0.680. The van der Waals surface area contributed by atoms with Crippen LogP contribution in [-0.4, -0.2) is 28.9 Å². The third-order valence-corrected chi connectivity index (χ3v) is 2.35. The molecule has 0 aliphatic heterocycles. The Morgan fingerprint density at radius 1 is 1.24 bits per heavy atom. The summed E-state index contributed by atoms with van der Waals surface area (Å²) >= 11 is 0.